The van der Waals surface area contributed by atoms with E-state index in [1.165, 1.54) is 0 Å². The predicted octanol–water partition coefficient (Wildman–Crippen LogP) is 0.566. The molecule has 13 heavy (non-hydrogen) atoms. The van der Waals surface area contributed by atoms with Crippen molar-refractivity contribution in [2.75, 3.05) is 13.1 Å². The molecule has 1 heterocycles. The largest absolute Gasteiger partial charge is 0.598 e. The molecule has 3 nitrogen and oxygen atoms in total. The molecule has 0 amide bonds. The summed E-state index contributed by atoms with van der Waals surface area (Å²) in [5, 5.41) is 3.14. The van der Waals surface area contributed by atoms with Crippen molar-refractivity contribution < 1.29 is 4.55 Å². The van der Waals surface area contributed by atoms with E-state index in [1.807, 2.05) is 26.8 Å². The van der Waals surface area contributed by atoms with Crippen LogP contribution in [0, 0.1) is 0 Å². The molecule has 2 N–H and O–H groups in total. The highest BCUT2D eigenvalue weighted by molar-refractivity contribution is 7.90. The third kappa shape index (κ3) is 2.47. The first-order valence-corrected chi connectivity index (χ1v) is 5.59. The molecule has 1 rings (SSSR count). The van der Waals surface area contributed by atoms with Crippen molar-refractivity contribution in [2.24, 2.45) is 0 Å². The van der Waals surface area contributed by atoms with Crippen LogP contribution in [0.25, 0.3) is 0 Å². The smallest absolute Gasteiger partial charge is 0.136 e. The van der Waals surface area contributed by atoms with Gasteiger partial charge in [-0.15, -0.1) is 11.3 Å². The van der Waals surface area contributed by atoms with Crippen LogP contribution in [0.5, 0.6) is 0 Å². The Bertz CT molecular complexity index is 196. The highest BCUT2D eigenvalue weighted by Gasteiger charge is 2.41. The Morgan fingerprint density at radius 2 is 2.08 bits per heavy atom. The molecule has 4 heteroatoms. The molecule has 0 saturated carbocycles. The predicted molar refractivity (Wildman–Crippen MR) is 56.8 cm³/mol. The zero-order valence-corrected chi connectivity index (χ0v) is 9.33. The van der Waals surface area contributed by atoms with Gasteiger partial charge < -0.3 is 9.87 Å². The molecule has 1 saturated heterocycles. The Balaban J connectivity index is 2.52. The second-order valence-electron chi connectivity index (χ2n) is 4.45. The summed E-state index contributed by atoms with van der Waals surface area (Å²) in [6, 6.07) is 0. The van der Waals surface area contributed by atoms with Crippen LogP contribution in [0.3, 0.4) is 0 Å². The number of rotatable bonds is 3. The van der Waals surface area contributed by atoms with Gasteiger partial charge in [-0.1, -0.05) is 6.08 Å². The van der Waals surface area contributed by atoms with E-state index in [0.717, 1.165) is 13.1 Å². The lowest BCUT2D eigenvalue weighted by molar-refractivity contribution is 0.315. The SMILES string of the molecule is C=CC1(N[S+]([O-])C(C)(C)C)CNC1. The fraction of sp³-hybridized carbons (Fsp3) is 0.778. The van der Waals surface area contributed by atoms with E-state index < -0.39 is 11.4 Å². The van der Waals surface area contributed by atoms with Gasteiger partial charge >= 0.3 is 0 Å². The van der Waals surface area contributed by atoms with E-state index in [2.05, 4.69) is 16.6 Å². The van der Waals surface area contributed by atoms with Crippen molar-refractivity contribution in [3.8, 4) is 0 Å². The normalized spacial score (nSPS) is 23.4. The van der Waals surface area contributed by atoms with Crippen molar-refractivity contribution in [3.63, 3.8) is 0 Å². The van der Waals surface area contributed by atoms with E-state index in [0.29, 0.717) is 0 Å². The minimum Gasteiger partial charge on any atom is -0.598 e. The average molecular weight is 202 g/mol. The quantitative estimate of drug-likeness (QED) is 0.519. The van der Waals surface area contributed by atoms with Crippen LogP contribution >= 0.6 is 0 Å². The molecular weight excluding hydrogens is 184 g/mol. The minimum atomic E-state index is -1.02. The van der Waals surface area contributed by atoms with Gasteiger partial charge in [0.2, 0.25) is 0 Å². The summed E-state index contributed by atoms with van der Waals surface area (Å²) in [4.78, 5) is 0. The van der Waals surface area contributed by atoms with Crippen LogP contribution in [-0.4, -0.2) is 27.9 Å². The first-order chi connectivity index (χ1) is 5.90. The van der Waals surface area contributed by atoms with Gasteiger partial charge in [-0.05, 0) is 20.8 Å². The maximum absolute atomic E-state index is 11.8. The molecule has 1 aliphatic rings. The Morgan fingerprint density at radius 3 is 2.31 bits per heavy atom. The Hall–Kier alpha value is -0.0300. The molecule has 1 aliphatic heterocycles. The molecule has 0 aromatic carbocycles. The monoisotopic (exact) mass is 202 g/mol. The number of nitrogens with one attached hydrogen (secondary N) is 2. The van der Waals surface area contributed by atoms with E-state index in [1.54, 1.807) is 0 Å². The molecule has 1 atom stereocenters. The van der Waals surface area contributed by atoms with Crippen molar-refractivity contribution in [1.82, 2.24) is 10.0 Å². The van der Waals surface area contributed by atoms with Gasteiger partial charge in [-0.25, -0.2) is 0 Å². The van der Waals surface area contributed by atoms with Gasteiger partial charge in [0.15, 0.2) is 0 Å². The summed E-state index contributed by atoms with van der Waals surface area (Å²) in [6.07, 6.45) is 1.84. The first kappa shape index (κ1) is 11.0. The molecule has 76 valence electrons. The Labute approximate surface area is 83.3 Å². The van der Waals surface area contributed by atoms with Crippen molar-refractivity contribution in [1.29, 1.82) is 0 Å². The minimum absolute atomic E-state index is 0.155. The van der Waals surface area contributed by atoms with Gasteiger partial charge in [0.25, 0.3) is 0 Å². The maximum Gasteiger partial charge on any atom is 0.136 e. The second kappa shape index (κ2) is 3.61. The third-order valence-corrected chi connectivity index (χ3v) is 3.83. The zero-order chi connectivity index (χ0) is 10.1. The third-order valence-electron chi connectivity index (χ3n) is 2.12. The highest BCUT2D eigenvalue weighted by Crippen LogP contribution is 2.20. The fourth-order valence-corrected chi connectivity index (χ4v) is 1.89. The topological polar surface area (TPSA) is 47.1 Å². The second-order valence-corrected chi connectivity index (χ2v) is 6.41. The summed E-state index contributed by atoms with van der Waals surface area (Å²) in [7, 11) is 0. The summed E-state index contributed by atoms with van der Waals surface area (Å²) in [6.45, 7) is 11.3. The zero-order valence-electron chi connectivity index (χ0n) is 8.52. The molecule has 0 spiro atoms. The fourth-order valence-electron chi connectivity index (χ4n) is 0.990. The van der Waals surface area contributed by atoms with Crippen molar-refractivity contribution in [2.45, 2.75) is 31.1 Å². The lowest BCUT2D eigenvalue weighted by Gasteiger charge is -2.41. The van der Waals surface area contributed by atoms with Gasteiger partial charge in [-0.3, -0.25) is 0 Å². The Morgan fingerprint density at radius 1 is 1.54 bits per heavy atom. The van der Waals surface area contributed by atoms with Crippen LogP contribution in [0.1, 0.15) is 20.8 Å². The molecule has 0 radical (unpaired) electrons. The molecule has 0 bridgehead atoms. The highest BCUT2D eigenvalue weighted by atomic mass is 32.2. The van der Waals surface area contributed by atoms with E-state index in [-0.39, 0.29) is 10.3 Å². The number of hydrogen-bond acceptors (Lipinski definition) is 3. The van der Waals surface area contributed by atoms with Gasteiger partial charge in [0.1, 0.15) is 10.3 Å². The number of hydrogen-bond donors (Lipinski definition) is 2. The van der Waals surface area contributed by atoms with Crippen LogP contribution < -0.4 is 10.0 Å². The van der Waals surface area contributed by atoms with Crippen molar-refractivity contribution in [3.05, 3.63) is 12.7 Å². The summed E-state index contributed by atoms with van der Waals surface area (Å²) < 4.78 is 14.7. The maximum atomic E-state index is 11.8. The average Bonchev–Trinajstić information content (AvgIpc) is 1.94. The Kier molecular flexibility index (Phi) is 3.07. The lowest BCUT2D eigenvalue weighted by Crippen LogP contribution is -2.69. The summed E-state index contributed by atoms with van der Waals surface area (Å²) >= 11 is -1.02. The molecular formula is C9H18N2OS. The standard InChI is InChI=1S/C9H18N2OS/c1-5-9(6-10-7-9)11-13(12)8(2,3)4/h5,10-11H,1,6-7H2,2-4H3. The summed E-state index contributed by atoms with van der Waals surface area (Å²) in [5.41, 5.74) is -0.155. The van der Waals surface area contributed by atoms with Crippen LogP contribution in [0.4, 0.5) is 0 Å². The molecule has 1 unspecified atom stereocenters. The molecule has 0 aliphatic carbocycles. The first-order valence-electron chi connectivity index (χ1n) is 4.44. The van der Waals surface area contributed by atoms with E-state index in [9.17, 15) is 4.55 Å². The van der Waals surface area contributed by atoms with E-state index in [4.69, 9.17) is 0 Å². The van der Waals surface area contributed by atoms with Crippen molar-refractivity contribution >= 4 is 11.4 Å². The van der Waals surface area contributed by atoms with Gasteiger partial charge in [0.05, 0.1) is 0 Å². The van der Waals surface area contributed by atoms with Crippen LogP contribution in [0.2, 0.25) is 0 Å². The molecule has 0 aromatic heterocycles. The molecule has 0 aromatic rings. The van der Waals surface area contributed by atoms with Crippen LogP contribution in [0.15, 0.2) is 12.7 Å². The van der Waals surface area contributed by atoms with Gasteiger partial charge in [-0.2, -0.15) is 0 Å². The summed E-state index contributed by atoms with van der Waals surface area (Å²) in [5.74, 6) is 0. The van der Waals surface area contributed by atoms with Crippen LogP contribution in [-0.2, 0) is 11.4 Å². The lowest BCUT2D eigenvalue weighted by atomic mass is 9.95. The van der Waals surface area contributed by atoms with E-state index >= 15 is 0 Å². The van der Waals surface area contributed by atoms with Gasteiger partial charge in [0, 0.05) is 24.5 Å². The molecule has 1 fully saturated rings.